The highest BCUT2D eigenvalue weighted by atomic mass is 127. The van der Waals surface area contributed by atoms with E-state index in [1.807, 2.05) is 0 Å². The van der Waals surface area contributed by atoms with E-state index in [2.05, 4.69) is 34.0 Å². The number of hydrogen-bond donors (Lipinski definition) is 1. The Morgan fingerprint density at radius 3 is 2.58 bits per heavy atom. The van der Waals surface area contributed by atoms with Crippen molar-refractivity contribution >= 4 is 0 Å². The molecule has 0 spiro atoms. The molecule has 0 aromatic rings. The zero-order chi connectivity index (χ0) is 16.5. The van der Waals surface area contributed by atoms with Crippen molar-refractivity contribution in [3.05, 3.63) is 11.6 Å². The lowest BCUT2D eigenvalue weighted by Crippen LogP contribution is -3.00. The van der Waals surface area contributed by atoms with Crippen LogP contribution in [0.25, 0.3) is 0 Å². The SMILES string of the molecule is C[C@]12CC[C@H]3[C@@H](CC=C4C[C@@H](O)CC[C@@]43C)[C@@H]1CC[N+](C)(C)C2.[I-]. The molecule has 138 valence electrons. The van der Waals surface area contributed by atoms with Crippen molar-refractivity contribution in [3.8, 4) is 0 Å². The third kappa shape index (κ3) is 2.90. The van der Waals surface area contributed by atoms with Crippen molar-refractivity contribution in [2.75, 3.05) is 27.2 Å². The number of aliphatic hydroxyl groups is 1. The average Bonchev–Trinajstić information content (AvgIpc) is 2.45. The lowest BCUT2D eigenvalue weighted by molar-refractivity contribution is -0.905. The Balaban J connectivity index is 0.00000169. The fraction of sp³-hybridized carbons (Fsp3) is 0.905. The highest BCUT2D eigenvalue weighted by Crippen LogP contribution is 2.62. The monoisotopic (exact) mass is 445 g/mol. The number of quaternary nitrogens is 1. The first-order valence-corrected chi connectivity index (χ1v) is 9.93. The number of nitrogens with zero attached hydrogens (tertiary/aromatic N) is 1. The van der Waals surface area contributed by atoms with Gasteiger partial charge in [0.1, 0.15) is 0 Å². The van der Waals surface area contributed by atoms with Crippen molar-refractivity contribution < 1.29 is 33.6 Å². The maximum atomic E-state index is 10.1. The van der Waals surface area contributed by atoms with Crippen LogP contribution in [-0.2, 0) is 0 Å². The number of likely N-dealkylation sites (tertiary alicyclic amines) is 1. The minimum Gasteiger partial charge on any atom is -1.00 e. The van der Waals surface area contributed by atoms with Gasteiger partial charge >= 0.3 is 0 Å². The Morgan fingerprint density at radius 1 is 1.08 bits per heavy atom. The molecule has 0 aromatic carbocycles. The number of hydrogen-bond acceptors (Lipinski definition) is 1. The molecule has 2 nitrogen and oxygen atoms in total. The van der Waals surface area contributed by atoms with Crippen LogP contribution < -0.4 is 24.0 Å². The molecule has 24 heavy (non-hydrogen) atoms. The normalized spacial score (nSPS) is 49.8. The van der Waals surface area contributed by atoms with Crippen molar-refractivity contribution in [2.24, 2.45) is 28.6 Å². The Hall–Kier alpha value is 0.390. The first-order chi connectivity index (χ1) is 10.7. The van der Waals surface area contributed by atoms with Crippen LogP contribution >= 0.6 is 0 Å². The molecule has 4 aliphatic rings. The highest BCUT2D eigenvalue weighted by molar-refractivity contribution is 5.24. The lowest BCUT2D eigenvalue weighted by atomic mass is 9.46. The van der Waals surface area contributed by atoms with E-state index >= 15 is 0 Å². The quantitative estimate of drug-likeness (QED) is 0.335. The van der Waals surface area contributed by atoms with Crippen LogP contribution in [0.3, 0.4) is 0 Å². The van der Waals surface area contributed by atoms with E-state index in [9.17, 15) is 5.11 Å². The molecule has 3 fully saturated rings. The second kappa shape index (κ2) is 6.23. The minimum atomic E-state index is -0.0764. The number of halogens is 1. The number of allylic oxidation sites excluding steroid dienone is 1. The minimum absolute atomic E-state index is 0. The maximum Gasteiger partial charge on any atom is 0.0839 e. The van der Waals surface area contributed by atoms with Gasteiger partial charge in [0.05, 0.1) is 33.3 Å². The molecule has 4 rings (SSSR count). The summed E-state index contributed by atoms with van der Waals surface area (Å²) in [5, 5.41) is 10.1. The van der Waals surface area contributed by atoms with E-state index < -0.39 is 0 Å². The Kier molecular flexibility index (Phi) is 4.97. The summed E-state index contributed by atoms with van der Waals surface area (Å²) >= 11 is 0. The number of piperidine rings is 1. The molecule has 0 radical (unpaired) electrons. The van der Waals surface area contributed by atoms with Gasteiger partial charge in [0.2, 0.25) is 0 Å². The summed E-state index contributed by atoms with van der Waals surface area (Å²) in [4.78, 5) is 0. The third-order valence-electron chi connectivity index (χ3n) is 8.43. The fourth-order valence-electron chi connectivity index (χ4n) is 7.34. The zero-order valence-corrected chi connectivity index (χ0v) is 18.2. The molecule has 6 atom stereocenters. The predicted molar refractivity (Wildman–Crippen MR) is 94.9 cm³/mol. The van der Waals surface area contributed by atoms with Crippen LogP contribution in [0.5, 0.6) is 0 Å². The molecular formula is C21H36INO. The summed E-state index contributed by atoms with van der Waals surface area (Å²) in [6, 6.07) is 0. The average molecular weight is 445 g/mol. The molecule has 0 unspecified atom stereocenters. The van der Waals surface area contributed by atoms with E-state index in [1.165, 1.54) is 49.7 Å². The van der Waals surface area contributed by atoms with Gasteiger partial charge in [0.25, 0.3) is 0 Å². The van der Waals surface area contributed by atoms with E-state index in [-0.39, 0.29) is 30.1 Å². The molecule has 1 aliphatic heterocycles. The van der Waals surface area contributed by atoms with Crippen LogP contribution in [0.15, 0.2) is 11.6 Å². The molecule has 0 bridgehead atoms. The smallest absolute Gasteiger partial charge is 0.0839 e. The summed E-state index contributed by atoms with van der Waals surface area (Å²) in [5.74, 6) is 2.70. The molecule has 2 saturated carbocycles. The van der Waals surface area contributed by atoms with Gasteiger partial charge in [-0.15, -0.1) is 0 Å². The van der Waals surface area contributed by atoms with E-state index in [1.54, 1.807) is 5.57 Å². The van der Waals surface area contributed by atoms with Crippen LogP contribution in [0.1, 0.15) is 58.8 Å². The molecule has 1 saturated heterocycles. The van der Waals surface area contributed by atoms with Crippen LogP contribution in [0, 0.1) is 28.6 Å². The van der Waals surface area contributed by atoms with E-state index in [0.29, 0.717) is 10.8 Å². The van der Waals surface area contributed by atoms with Crippen LogP contribution in [0.4, 0.5) is 0 Å². The third-order valence-corrected chi connectivity index (χ3v) is 8.43. The van der Waals surface area contributed by atoms with E-state index in [0.717, 1.165) is 30.6 Å². The first kappa shape index (κ1) is 19.2. The van der Waals surface area contributed by atoms with Gasteiger partial charge in [-0.05, 0) is 61.7 Å². The fourth-order valence-corrected chi connectivity index (χ4v) is 7.34. The molecular weight excluding hydrogens is 409 g/mol. The van der Waals surface area contributed by atoms with Gasteiger partial charge < -0.3 is 33.6 Å². The van der Waals surface area contributed by atoms with Crippen molar-refractivity contribution in [2.45, 2.75) is 64.9 Å². The Morgan fingerprint density at radius 2 is 1.83 bits per heavy atom. The predicted octanol–water partition coefficient (Wildman–Crippen LogP) is 1.00. The summed E-state index contributed by atoms with van der Waals surface area (Å²) in [5.41, 5.74) is 2.55. The second-order valence-corrected chi connectivity index (χ2v) is 10.5. The number of aliphatic hydroxyl groups excluding tert-OH is 1. The van der Waals surface area contributed by atoms with Crippen molar-refractivity contribution in [1.29, 1.82) is 0 Å². The zero-order valence-electron chi connectivity index (χ0n) is 16.0. The summed E-state index contributed by atoms with van der Waals surface area (Å²) in [6.45, 7) is 7.86. The molecule has 1 heterocycles. The summed E-state index contributed by atoms with van der Waals surface area (Å²) < 4.78 is 1.22. The van der Waals surface area contributed by atoms with Crippen LogP contribution in [0.2, 0.25) is 0 Å². The molecule has 3 aliphatic carbocycles. The summed E-state index contributed by atoms with van der Waals surface area (Å²) in [7, 11) is 4.85. The van der Waals surface area contributed by atoms with Gasteiger partial charge in [0.15, 0.2) is 0 Å². The van der Waals surface area contributed by atoms with Crippen molar-refractivity contribution in [3.63, 3.8) is 0 Å². The molecule has 3 heteroatoms. The number of rotatable bonds is 0. The van der Waals surface area contributed by atoms with Crippen LogP contribution in [-0.4, -0.2) is 42.9 Å². The van der Waals surface area contributed by atoms with Gasteiger partial charge in [-0.1, -0.05) is 25.5 Å². The van der Waals surface area contributed by atoms with Crippen molar-refractivity contribution in [1.82, 2.24) is 0 Å². The Bertz CT molecular complexity index is 530. The first-order valence-electron chi connectivity index (χ1n) is 9.93. The topological polar surface area (TPSA) is 20.2 Å². The van der Waals surface area contributed by atoms with Gasteiger partial charge in [-0.3, -0.25) is 0 Å². The highest BCUT2D eigenvalue weighted by Gasteiger charge is 2.57. The largest absolute Gasteiger partial charge is 1.00 e. The van der Waals surface area contributed by atoms with Gasteiger partial charge in [0, 0.05) is 11.8 Å². The maximum absolute atomic E-state index is 10.1. The Labute approximate surface area is 165 Å². The molecule has 0 amide bonds. The summed E-state index contributed by atoms with van der Waals surface area (Å²) in [6.07, 6.45) is 11.2. The second-order valence-electron chi connectivity index (χ2n) is 10.5. The lowest BCUT2D eigenvalue weighted by Gasteiger charge is -2.61. The van der Waals surface area contributed by atoms with Gasteiger partial charge in [-0.25, -0.2) is 0 Å². The standard InChI is InChI=1S/C21H36NO.HI/c1-20-10-8-19-17(18(20)9-12-22(3,4)14-20)6-5-15-13-16(23)7-11-21(15,19)2;/h5,16-19,23H,6-14H2,1-4H3;1H/q+1;/p-1/t16-,17-,18-,19-,20+,21-;/m0./s1. The number of fused-ring (bicyclic) bond motifs is 5. The van der Waals surface area contributed by atoms with E-state index in [4.69, 9.17) is 0 Å². The molecule has 1 N–H and O–H groups in total. The molecule has 0 aromatic heterocycles. The van der Waals surface area contributed by atoms with Gasteiger partial charge in [-0.2, -0.15) is 0 Å².